The van der Waals surface area contributed by atoms with Gasteiger partial charge in [0.05, 0.1) is 24.8 Å². The molecule has 3 aromatic heterocycles. The maximum atomic E-state index is 6.39. The van der Waals surface area contributed by atoms with E-state index in [1.807, 2.05) is 6.33 Å². The second kappa shape index (κ2) is 7.00. The second-order valence-corrected chi connectivity index (χ2v) is 7.92. The van der Waals surface area contributed by atoms with Crippen LogP contribution in [0.5, 0.6) is 0 Å². The topological polar surface area (TPSA) is 117 Å². The van der Waals surface area contributed by atoms with E-state index in [4.69, 9.17) is 20.4 Å². The standard InChI is InChI=1S/C20H26N8O/c1-3-12(4-2)28-11-25-17-16(14-8-24-15(21)9-23-14)26-19(27-18(17)28)20-6-5-13(29-20)7-22-10-20/h8-9,11-13,22H,3-7,10H2,1-2H3,(H2,21,24). The molecule has 0 aliphatic carbocycles. The summed E-state index contributed by atoms with van der Waals surface area (Å²) in [4.78, 5) is 23.2. The summed E-state index contributed by atoms with van der Waals surface area (Å²) in [5, 5.41) is 3.48. The Morgan fingerprint density at radius 3 is 2.86 bits per heavy atom. The molecule has 0 aromatic carbocycles. The van der Waals surface area contributed by atoms with E-state index in [1.54, 1.807) is 12.4 Å². The van der Waals surface area contributed by atoms with Crippen LogP contribution in [0.3, 0.4) is 0 Å². The average molecular weight is 394 g/mol. The van der Waals surface area contributed by atoms with Gasteiger partial charge in [-0.15, -0.1) is 0 Å². The van der Waals surface area contributed by atoms with E-state index >= 15 is 0 Å². The zero-order valence-corrected chi connectivity index (χ0v) is 16.8. The molecule has 2 aliphatic rings. The fourth-order valence-corrected chi connectivity index (χ4v) is 4.49. The minimum atomic E-state index is -0.504. The maximum absolute atomic E-state index is 6.39. The fourth-order valence-electron chi connectivity index (χ4n) is 4.49. The van der Waals surface area contributed by atoms with E-state index in [0.717, 1.165) is 43.4 Å². The molecule has 152 valence electrons. The Labute approximate surface area is 169 Å². The third-order valence-electron chi connectivity index (χ3n) is 6.12. The smallest absolute Gasteiger partial charge is 0.164 e. The van der Waals surface area contributed by atoms with Crippen molar-refractivity contribution < 1.29 is 4.74 Å². The number of hydrogen-bond donors (Lipinski definition) is 2. The number of fused-ring (bicyclic) bond motifs is 3. The number of rotatable bonds is 5. The quantitative estimate of drug-likeness (QED) is 0.676. The summed E-state index contributed by atoms with van der Waals surface area (Å²) in [5.41, 5.74) is 8.10. The Bertz CT molecular complexity index is 1020. The monoisotopic (exact) mass is 394 g/mol. The molecule has 0 amide bonds. The number of imidazole rings is 1. The summed E-state index contributed by atoms with van der Waals surface area (Å²) >= 11 is 0. The van der Waals surface area contributed by atoms with Crippen LogP contribution in [-0.2, 0) is 10.3 Å². The van der Waals surface area contributed by atoms with Crippen LogP contribution in [-0.4, -0.2) is 48.7 Å². The van der Waals surface area contributed by atoms with E-state index in [2.05, 4.69) is 38.7 Å². The number of nitrogens with zero attached hydrogens (tertiary/aromatic N) is 6. The molecular weight excluding hydrogens is 368 g/mol. The third kappa shape index (κ3) is 2.96. The van der Waals surface area contributed by atoms with Gasteiger partial charge in [0, 0.05) is 19.1 Å². The number of ether oxygens (including phenoxy) is 1. The average Bonchev–Trinajstić information content (AvgIpc) is 3.30. The molecule has 2 saturated heterocycles. The molecule has 9 nitrogen and oxygen atoms in total. The molecular formula is C20H26N8O. The molecule has 2 aliphatic heterocycles. The Morgan fingerprint density at radius 2 is 2.10 bits per heavy atom. The molecule has 2 unspecified atom stereocenters. The minimum Gasteiger partial charge on any atom is -0.382 e. The summed E-state index contributed by atoms with van der Waals surface area (Å²) < 4.78 is 8.55. The van der Waals surface area contributed by atoms with E-state index in [0.29, 0.717) is 35.6 Å². The normalized spacial score (nSPS) is 23.9. The van der Waals surface area contributed by atoms with Gasteiger partial charge in [-0.25, -0.2) is 24.9 Å². The van der Waals surface area contributed by atoms with E-state index < -0.39 is 5.60 Å². The summed E-state index contributed by atoms with van der Waals surface area (Å²) in [5.74, 6) is 1.07. The number of hydrogen-bond acceptors (Lipinski definition) is 8. The highest BCUT2D eigenvalue weighted by Crippen LogP contribution is 2.41. The van der Waals surface area contributed by atoms with Gasteiger partial charge >= 0.3 is 0 Å². The van der Waals surface area contributed by atoms with Crippen LogP contribution in [0, 0.1) is 0 Å². The van der Waals surface area contributed by atoms with Crippen LogP contribution in [0.25, 0.3) is 22.6 Å². The van der Waals surface area contributed by atoms with Crippen molar-refractivity contribution in [3.8, 4) is 11.4 Å². The zero-order valence-electron chi connectivity index (χ0n) is 16.8. The molecule has 0 spiro atoms. The third-order valence-corrected chi connectivity index (χ3v) is 6.12. The lowest BCUT2D eigenvalue weighted by molar-refractivity contribution is -0.0738. The van der Waals surface area contributed by atoms with Crippen molar-refractivity contribution in [2.75, 3.05) is 18.8 Å². The molecule has 9 heteroatoms. The van der Waals surface area contributed by atoms with Crippen molar-refractivity contribution in [2.24, 2.45) is 0 Å². The number of aromatic nitrogens is 6. The van der Waals surface area contributed by atoms with E-state index in [1.165, 1.54) is 0 Å². The van der Waals surface area contributed by atoms with Crippen molar-refractivity contribution >= 4 is 17.0 Å². The lowest BCUT2D eigenvalue weighted by atomic mass is 9.99. The van der Waals surface area contributed by atoms with Crippen LogP contribution in [0.2, 0.25) is 0 Å². The number of nitrogens with one attached hydrogen (secondary N) is 1. The molecule has 5 rings (SSSR count). The first-order valence-corrected chi connectivity index (χ1v) is 10.3. The van der Waals surface area contributed by atoms with Crippen LogP contribution in [0.1, 0.15) is 51.4 Å². The summed E-state index contributed by atoms with van der Waals surface area (Å²) in [6.07, 6.45) is 9.19. The number of morpholine rings is 1. The van der Waals surface area contributed by atoms with Crippen molar-refractivity contribution in [3.63, 3.8) is 0 Å². The SMILES string of the molecule is CCC(CC)n1cnc2c(-c3cnc(N)cn3)nc(C34CCC(CNC3)O4)nc21. The molecule has 3 aromatic rings. The largest absolute Gasteiger partial charge is 0.382 e. The lowest BCUT2D eigenvalue weighted by Gasteiger charge is -2.33. The van der Waals surface area contributed by atoms with Gasteiger partial charge in [-0.1, -0.05) is 13.8 Å². The van der Waals surface area contributed by atoms with Gasteiger partial charge in [-0.2, -0.15) is 0 Å². The Balaban J connectivity index is 1.73. The lowest BCUT2D eigenvalue weighted by Crippen LogP contribution is -2.47. The summed E-state index contributed by atoms with van der Waals surface area (Å²) in [7, 11) is 0. The van der Waals surface area contributed by atoms with Crippen molar-refractivity contribution in [3.05, 3.63) is 24.5 Å². The van der Waals surface area contributed by atoms with Crippen LogP contribution in [0.4, 0.5) is 5.82 Å². The van der Waals surface area contributed by atoms with Crippen LogP contribution < -0.4 is 11.1 Å². The highest BCUT2D eigenvalue weighted by atomic mass is 16.5. The fraction of sp³-hybridized carbons (Fsp3) is 0.550. The Hall–Kier alpha value is -2.65. The van der Waals surface area contributed by atoms with Gasteiger partial charge < -0.3 is 20.4 Å². The van der Waals surface area contributed by atoms with Crippen molar-refractivity contribution in [1.29, 1.82) is 0 Å². The van der Waals surface area contributed by atoms with Crippen LogP contribution >= 0.6 is 0 Å². The highest BCUT2D eigenvalue weighted by molar-refractivity contribution is 5.86. The van der Waals surface area contributed by atoms with E-state index in [9.17, 15) is 0 Å². The zero-order chi connectivity index (χ0) is 20.0. The molecule has 29 heavy (non-hydrogen) atoms. The molecule has 2 fully saturated rings. The van der Waals surface area contributed by atoms with Gasteiger partial charge in [0.15, 0.2) is 11.5 Å². The molecule has 2 atom stereocenters. The predicted octanol–water partition coefficient (Wildman–Crippen LogP) is 2.20. The van der Waals surface area contributed by atoms with Gasteiger partial charge in [-0.3, -0.25) is 0 Å². The van der Waals surface area contributed by atoms with Gasteiger partial charge in [0.1, 0.15) is 28.3 Å². The first-order valence-electron chi connectivity index (χ1n) is 10.3. The minimum absolute atomic E-state index is 0.215. The number of nitrogens with two attached hydrogens (primary N) is 1. The van der Waals surface area contributed by atoms with Crippen molar-refractivity contribution in [1.82, 2.24) is 34.8 Å². The molecule has 2 bridgehead atoms. The Kier molecular flexibility index (Phi) is 4.44. The predicted molar refractivity (Wildman–Crippen MR) is 109 cm³/mol. The van der Waals surface area contributed by atoms with Gasteiger partial charge in [0.2, 0.25) is 0 Å². The highest BCUT2D eigenvalue weighted by Gasteiger charge is 2.47. The molecule has 0 radical (unpaired) electrons. The number of nitrogen functional groups attached to an aromatic ring is 1. The van der Waals surface area contributed by atoms with Gasteiger partial charge in [0.25, 0.3) is 0 Å². The summed E-state index contributed by atoms with van der Waals surface area (Å²) in [6, 6.07) is 0.326. The first kappa shape index (κ1) is 18.4. The first-order chi connectivity index (χ1) is 14.1. The maximum Gasteiger partial charge on any atom is 0.164 e. The summed E-state index contributed by atoms with van der Waals surface area (Å²) in [6.45, 7) is 5.96. The van der Waals surface area contributed by atoms with Gasteiger partial charge in [-0.05, 0) is 25.7 Å². The molecule has 5 heterocycles. The van der Waals surface area contributed by atoms with E-state index in [-0.39, 0.29) is 6.10 Å². The Morgan fingerprint density at radius 1 is 1.24 bits per heavy atom. The number of anilines is 1. The van der Waals surface area contributed by atoms with Crippen molar-refractivity contribution in [2.45, 2.75) is 57.3 Å². The molecule has 3 N–H and O–H groups in total. The van der Waals surface area contributed by atoms with Crippen LogP contribution in [0.15, 0.2) is 18.7 Å². The second-order valence-electron chi connectivity index (χ2n) is 7.92. The molecule has 0 saturated carbocycles.